The lowest BCUT2D eigenvalue weighted by Gasteiger charge is -2.06. The summed E-state index contributed by atoms with van der Waals surface area (Å²) in [6.07, 6.45) is 3.51. The first kappa shape index (κ1) is 15.5. The SMILES string of the molecule is C/C(=N/NC(=O)Cn1nnc2ccccc21)c1ccc2c(c1)CCC2. The van der Waals surface area contributed by atoms with Crippen LogP contribution < -0.4 is 5.43 Å². The summed E-state index contributed by atoms with van der Waals surface area (Å²) < 4.78 is 1.57. The van der Waals surface area contributed by atoms with Crippen LogP contribution in [0, 0.1) is 0 Å². The highest BCUT2D eigenvalue weighted by atomic mass is 16.2. The second kappa shape index (κ2) is 6.47. The fraction of sp³-hybridized carbons (Fsp3) is 0.263. The minimum atomic E-state index is -0.226. The van der Waals surface area contributed by atoms with Crippen molar-refractivity contribution >= 4 is 22.7 Å². The van der Waals surface area contributed by atoms with Crippen molar-refractivity contribution in [2.75, 3.05) is 0 Å². The van der Waals surface area contributed by atoms with E-state index in [1.165, 1.54) is 17.5 Å². The third kappa shape index (κ3) is 3.15. The van der Waals surface area contributed by atoms with Crippen LogP contribution in [0.25, 0.3) is 11.0 Å². The van der Waals surface area contributed by atoms with Crippen LogP contribution in [0.15, 0.2) is 47.6 Å². The summed E-state index contributed by atoms with van der Waals surface area (Å²) in [6, 6.07) is 14.0. The van der Waals surface area contributed by atoms with Crippen molar-refractivity contribution in [1.82, 2.24) is 20.4 Å². The number of aromatic nitrogens is 3. The third-order valence-corrected chi connectivity index (χ3v) is 4.58. The number of carbonyl (C=O) groups excluding carboxylic acids is 1. The summed E-state index contributed by atoms with van der Waals surface area (Å²) in [4.78, 5) is 12.2. The van der Waals surface area contributed by atoms with Gasteiger partial charge in [0, 0.05) is 0 Å². The van der Waals surface area contributed by atoms with E-state index in [1.807, 2.05) is 31.2 Å². The first-order valence-corrected chi connectivity index (χ1v) is 8.44. The van der Waals surface area contributed by atoms with Gasteiger partial charge in [0.25, 0.3) is 5.91 Å². The molecule has 25 heavy (non-hydrogen) atoms. The van der Waals surface area contributed by atoms with Gasteiger partial charge in [-0.05, 0) is 61.1 Å². The smallest absolute Gasteiger partial charge is 0.261 e. The molecule has 6 nitrogen and oxygen atoms in total. The Morgan fingerprint density at radius 2 is 2.04 bits per heavy atom. The molecule has 6 heteroatoms. The zero-order valence-electron chi connectivity index (χ0n) is 14.1. The van der Waals surface area contributed by atoms with Gasteiger partial charge < -0.3 is 0 Å². The molecular formula is C19H19N5O. The maximum Gasteiger partial charge on any atom is 0.261 e. The van der Waals surface area contributed by atoms with Crippen molar-refractivity contribution in [1.29, 1.82) is 0 Å². The van der Waals surface area contributed by atoms with Crippen molar-refractivity contribution in [3.8, 4) is 0 Å². The van der Waals surface area contributed by atoms with E-state index >= 15 is 0 Å². The molecule has 1 N–H and O–H groups in total. The Morgan fingerprint density at radius 3 is 2.96 bits per heavy atom. The Balaban J connectivity index is 1.44. The van der Waals surface area contributed by atoms with Crippen molar-refractivity contribution in [2.24, 2.45) is 5.10 Å². The predicted molar refractivity (Wildman–Crippen MR) is 96.3 cm³/mol. The number of fused-ring (bicyclic) bond motifs is 2. The molecule has 4 rings (SSSR count). The Bertz CT molecular complexity index is 973. The molecule has 0 unspecified atom stereocenters. The van der Waals surface area contributed by atoms with Gasteiger partial charge in [0.1, 0.15) is 12.1 Å². The first-order valence-electron chi connectivity index (χ1n) is 8.44. The van der Waals surface area contributed by atoms with E-state index in [0.29, 0.717) is 0 Å². The second-order valence-electron chi connectivity index (χ2n) is 6.31. The number of hydrogen-bond acceptors (Lipinski definition) is 4. The van der Waals surface area contributed by atoms with Crippen LogP contribution in [0.3, 0.4) is 0 Å². The van der Waals surface area contributed by atoms with Crippen LogP contribution in [-0.4, -0.2) is 26.6 Å². The van der Waals surface area contributed by atoms with E-state index in [-0.39, 0.29) is 12.5 Å². The van der Waals surface area contributed by atoms with Crippen molar-refractivity contribution in [3.05, 3.63) is 59.2 Å². The Labute approximate surface area is 145 Å². The van der Waals surface area contributed by atoms with Gasteiger partial charge in [-0.25, -0.2) is 10.1 Å². The number of rotatable bonds is 4. The molecule has 0 atom stereocenters. The van der Waals surface area contributed by atoms with Crippen LogP contribution in [0.1, 0.15) is 30.0 Å². The van der Waals surface area contributed by atoms with Crippen LogP contribution in [-0.2, 0) is 24.2 Å². The molecule has 1 aromatic heterocycles. The molecule has 0 radical (unpaired) electrons. The molecule has 0 aliphatic heterocycles. The molecular weight excluding hydrogens is 314 g/mol. The molecule has 1 heterocycles. The maximum atomic E-state index is 12.2. The Hall–Kier alpha value is -3.02. The van der Waals surface area contributed by atoms with Crippen molar-refractivity contribution < 1.29 is 4.79 Å². The van der Waals surface area contributed by atoms with E-state index in [0.717, 1.165) is 35.2 Å². The number of para-hydroxylation sites is 1. The minimum absolute atomic E-state index is 0.0848. The number of nitrogens with one attached hydrogen (secondary N) is 1. The van der Waals surface area contributed by atoms with E-state index in [9.17, 15) is 4.79 Å². The minimum Gasteiger partial charge on any atom is -0.271 e. The van der Waals surface area contributed by atoms with Gasteiger partial charge in [-0.3, -0.25) is 4.79 Å². The average Bonchev–Trinajstić information content (AvgIpc) is 3.26. The van der Waals surface area contributed by atoms with E-state index in [1.54, 1.807) is 4.68 Å². The summed E-state index contributed by atoms with van der Waals surface area (Å²) in [5, 5.41) is 12.3. The zero-order chi connectivity index (χ0) is 17.2. The number of hydrazone groups is 1. The zero-order valence-corrected chi connectivity index (χ0v) is 14.1. The lowest BCUT2D eigenvalue weighted by molar-refractivity contribution is -0.121. The largest absolute Gasteiger partial charge is 0.271 e. The van der Waals surface area contributed by atoms with Crippen molar-refractivity contribution in [3.63, 3.8) is 0 Å². The predicted octanol–water partition coefficient (Wildman–Crippen LogP) is 2.46. The quantitative estimate of drug-likeness (QED) is 0.589. The Morgan fingerprint density at radius 1 is 1.20 bits per heavy atom. The molecule has 0 saturated carbocycles. The summed E-state index contributed by atoms with van der Waals surface area (Å²) in [5.74, 6) is -0.226. The number of aryl methyl sites for hydroxylation is 2. The molecule has 2 aromatic carbocycles. The second-order valence-corrected chi connectivity index (χ2v) is 6.31. The first-order chi connectivity index (χ1) is 12.2. The van der Waals surface area contributed by atoms with E-state index < -0.39 is 0 Å². The van der Waals surface area contributed by atoms with Gasteiger partial charge in [0.2, 0.25) is 0 Å². The molecule has 0 spiro atoms. The van der Waals surface area contributed by atoms with Gasteiger partial charge in [0.15, 0.2) is 0 Å². The highest BCUT2D eigenvalue weighted by molar-refractivity contribution is 5.99. The molecule has 1 amide bonds. The number of benzene rings is 2. The number of amides is 1. The van der Waals surface area contributed by atoms with Gasteiger partial charge in [-0.15, -0.1) is 5.10 Å². The summed E-state index contributed by atoms with van der Waals surface area (Å²) in [5.41, 5.74) is 8.89. The Kier molecular flexibility index (Phi) is 4.01. The lowest BCUT2D eigenvalue weighted by atomic mass is 10.0. The van der Waals surface area contributed by atoms with E-state index in [2.05, 4.69) is 39.0 Å². The molecule has 1 aliphatic rings. The number of nitrogens with zero attached hydrogens (tertiary/aromatic N) is 4. The maximum absolute atomic E-state index is 12.2. The third-order valence-electron chi connectivity index (χ3n) is 4.58. The van der Waals surface area contributed by atoms with Crippen LogP contribution in [0.2, 0.25) is 0 Å². The number of hydrogen-bond donors (Lipinski definition) is 1. The summed E-state index contributed by atoms with van der Waals surface area (Å²) in [6.45, 7) is 1.99. The standard InChI is InChI=1S/C19H19N5O/c1-13(15-10-9-14-5-4-6-16(14)11-15)20-22-19(25)12-24-18-8-3-2-7-17(18)21-23-24/h2-3,7-11H,4-6,12H2,1H3,(H,22,25)/b20-13-. The van der Waals surface area contributed by atoms with Crippen LogP contribution >= 0.6 is 0 Å². The molecule has 1 aliphatic carbocycles. The van der Waals surface area contributed by atoms with Gasteiger partial charge in [-0.1, -0.05) is 29.5 Å². The molecule has 0 saturated heterocycles. The highest BCUT2D eigenvalue weighted by Crippen LogP contribution is 2.23. The monoisotopic (exact) mass is 333 g/mol. The van der Waals surface area contributed by atoms with Crippen LogP contribution in [0.5, 0.6) is 0 Å². The van der Waals surface area contributed by atoms with Crippen molar-refractivity contribution in [2.45, 2.75) is 32.7 Å². The average molecular weight is 333 g/mol. The molecule has 0 fully saturated rings. The molecule has 3 aromatic rings. The van der Waals surface area contributed by atoms with Gasteiger partial charge in [0.05, 0.1) is 11.2 Å². The highest BCUT2D eigenvalue weighted by Gasteiger charge is 2.12. The fourth-order valence-corrected chi connectivity index (χ4v) is 3.21. The summed E-state index contributed by atoms with van der Waals surface area (Å²) in [7, 11) is 0. The molecule has 126 valence electrons. The fourth-order valence-electron chi connectivity index (χ4n) is 3.21. The van der Waals surface area contributed by atoms with E-state index in [4.69, 9.17) is 0 Å². The topological polar surface area (TPSA) is 72.2 Å². The number of carbonyl (C=O) groups is 1. The summed E-state index contributed by atoms with van der Waals surface area (Å²) >= 11 is 0. The van der Waals surface area contributed by atoms with Crippen LogP contribution in [0.4, 0.5) is 0 Å². The van der Waals surface area contributed by atoms with Gasteiger partial charge in [-0.2, -0.15) is 5.10 Å². The van der Waals surface area contributed by atoms with Gasteiger partial charge >= 0.3 is 0 Å². The normalized spacial score (nSPS) is 13.9. The lowest BCUT2D eigenvalue weighted by Crippen LogP contribution is -2.24. The molecule has 0 bridgehead atoms.